The molecule has 1 aromatic carbocycles. The predicted molar refractivity (Wildman–Crippen MR) is 88.6 cm³/mol. The SMILES string of the molecule is Cc1c(C(C)NC(=S)NC2CC2)cnn1-c1ccc(F)cc1. The average molecular weight is 318 g/mol. The Morgan fingerprint density at radius 2 is 2.05 bits per heavy atom. The molecule has 3 rings (SSSR count). The Morgan fingerprint density at radius 1 is 1.36 bits per heavy atom. The van der Waals surface area contributed by atoms with Gasteiger partial charge in [-0.3, -0.25) is 0 Å². The van der Waals surface area contributed by atoms with Crippen LogP contribution in [0.4, 0.5) is 4.39 Å². The van der Waals surface area contributed by atoms with Crippen LogP contribution in [-0.4, -0.2) is 20.9 Å². The molecule has 1 aliphatic rings. The van der Waals surface area contributed by atoms with Gasteiger partial charge in [0.05, 0.1) is 17.9 Å². The van der Waals surface area contributed by atoms with Gasteiger partial charge in [0.2, 0.25) is 0 Å². The van der Waals surface area contributed by atoms with E-state index in [0.717, 1.165) is 16.9 Å². The van der Waals surface area contributed by atoms with Gasteiger partial charge in [-0.05, 0) is 63.2 Å². The van der Waals surface area contributed by atoms with Crippen molar-refractivity contribution in [3.63, 3.8) is 0 Å². The number of halogens is 1. The quantitative estimate of drug-likeness (QED) is 0.851. The van der Waals surface area contributed by atoms with Gasteiger partial charge >= 0.3 is 0 Å². The molecule has 4 nitrogen and oxygen atoms in total. The number of benzene rings is 1. The molecule has 2 N–H and O–H groups in total. The van der Waals surface area contributed by atoms with E-state index in [1.54, 1.807) is 12.1 Å². The van der Waals surface area contributed by atoms with Crippen molar-refractivity contribution in [1.29, 1.82) is 0 Å². The minimum Gasteiger partial charge on any atom is -0.360 e. The molecule has 0 amide bonds. The van der Waals surface area contributed by atoms with Crippen LogP contribution in [0.3, 0.4) is 0 Å². The number of thiocarbonyl (C=S) groups is 1. The Balaban J connectivity index is 1.74. The number of hydrogen-bond donors (Lipinski definition) is 2. The zero-order valence-electron chi connectivity index (χ0n) is 12.6. The molecule has 0 spiro atoms. The first-order chi connectivity index (χ1) is 10.5. The van der Waals surface area contributed by atoms with Crippen LogP contribution < -0.4 is 10.6 Å². The van der Waals surface area contributed by atoms with Crippen LogP contribution in [0.25, 0.3) is 5.69 Å². The summed E-state index contributed by atoms with van der Waals surface area (Å²) in [6.45, 7) is 4.06. The number of nitrogens with one attached hydrogen (secondary N) is 2. The van der Waals surface area contributed by atoms with E-state index in [2.05, 4.69) is 22.7 Å². The monoisotopic (exact) mass is 318 g/mol. The summed E-state index contributed by atoms with van der Waals surface area (Å²) in [5, 5.41) is 11.7. The summed E-state index contributed by atoms with van der Waals surface area (Å²) in [5.74, 6) is -0.250. The van der Waals surface area contributed by atoms with Gasteiger partial charge in [0.25, 0.3) is 0 Å². The minimum absolute atomic E-state index is 0.0629. The van der Waals surface area contributed by atoms with Crippen molar-refractivity contribution in [3.05, 3.63) is 47.5 Å². The van der Waals surface area contributed by atoms with E-state index < -0.39 is 0 Å². The zero-order valence-corrected chi connectivity index (χ0v) is 13.5. The van der Waals surface area contributed by atoms with Crippen LogP contribution in [0.5, 0.6) is 0 Å². The van der Waals surface area contributed by atoms with E-state index >= 15 is 0 Å². The highest BCUT2D eigenvalue weighted by Crippen LogP contribution is 2.21. The van der Waals surface area contributed by atoms with Crippen molar-refractivity contribution >= 4 is 17.3 Å². The molecule has 0 bridgehead atoms. The van der Waals surface area contributed by atoms with Crippen molar-refractivity contribution in [2.24, 2.45) is 0 Å². The molecule has 116 valence electrons. The van der Waals surface area contributed by atoms with Crippen LogP contribution in [0.15, 0.2) is 30.5 Å². The zero-order chi connectivity index (χ0) is 15.7. The van der Waals surface area contributed by atoms with Crippen molar-refractivity contribution < 1.29 is 4.39 Å². The summed E-state index contributed by atoms with van der Waals surface area (Å²) in [6, 6.07) is 6.91. The molecule has 0 radical (unpaired) electrons. The number of hydrogen-bond acceptors (Lipinski definition) is 2. The van der Waals surface area contributed by atoms with Crippen LogP contribution >= 0.6 is 12.2 Å². The molecule has 1 unspecified atom stereocenters. The second-order valence-corrected chi connectivity index (χ2v) is 6.10. The largest absolute Gasteiger partial charge is 0.360 e. The van der Waals surface area contributed by atoms with E-state index in [9.17, 15) is 4.39 Å². The van der Waals surface area contributed by atoms with Gasteiger partial charge in [-0.2, -0.15) is 5.10 Å². The second-order valence-electron chi connectivity index (χ2n) is 5.69. The molecule has 2 aromatic rings. The highest BCUT2D eigenvalue weighted by molar-refractivity contribution is 7.80. The number of aromatic nitrogens is 2. The lowest BCUT2D eigenvalue weighted by Gasteiger charge is -2.17. The molecule has 1 aliphatic carbocycles. The Kier molecular flexibility index (Phi) is 4.11. The fourth-order valence-electron chi connectivity index (χ4n) is 2.42. The standard InChI is InChI=1S/C16H19FN4S/c1-10(19-16(22)20-13-5-6-13)15-9-18-21(11(15)2)14-7-3-12(17)4-8-14/h3-4,7-10,13H,5-6H2,1-2H3,(H2,19,20,22). The van der Waals surface area contributed by atoms with Crippen LogP contribution in [0.1, 0.15) is 37.1 Å². The Bertz CT molecular complexity index is 676. The Labute approximate surface area is 134 Å². The summed E-state index contributed by atoms with van der Waals surface area (Å²) in [6.07, 6.45) is 4.21. The molecule has 1 saturated carbocycles. The summed E-state index contributed by atoms with van der Waals surface area (Å²) in [4.78, 5) is 0. The first-order valence-electron chi connectivity index (χ1n) is 7.42. The third kappa shape index (κ3) is 3.27. The van der Waals surface area contributed by atoms with Gasteiger partial charge in [0.1, 0.15) is 5.82 Å². The van der Waals surface area contributed by atoms with E-state index in [-0.39, 0.29) is 11.9 Å². The number of rotatable bonds is 4. The summed E-state index contributed by atoms with van der Waals surface area (Å²) >= 11 is 5.31. The van der Waals surface area contributed by atoms with Crippen molar-refractivity contribution in [2.45, 2.75) is 38.8 Å². The third-order valence-corrected chi connectivity index (χ3v) is 4.08. The van der Waals surface area contributed by atoms with Crippen LogP contribution in [-0.2, 0) is 0 Å². The molecular formula is C16H19FN4S. The summed E-state index contributed by atoms with van der Waals surface area (Å²) in [5.41, 5.74) is 2.93. The molecule has 1 heterocycles. The molecule has 22 heavy (non-hydrogen) atoms. The van der Waals surface area contributed by atoms with E-state index in [4.69, 9.17) is 12.2 Å². The molecule has 0 aliphatic heterocycles. The van der Waals surface area contributed by atoms with Gasteiger partial charge in [-0.1, -0.05) is 0 Å². The maximum atomic E-state index is 13.0. The van der Waals surface area contributed by atoms with Gasteiger partial charge < -0.3 is 10.6 Å². The molecule has 1 atom stereocenters. The highest BCUT2D eigenvalue weighted by atomic mass is 32.1. The lowest BCUT2D eigenvalue weighted by atomic mass is 10.1. The van der Waals surface area contributed by atoms with Crippen LogP contribution in [0, 0.1) is 12.7 Å². The number of nitrogens with zero attached hydrogens (tertiary/aromatic N) is 2. The lowest BCUT2D eigenvalue weighted by molar-refractivity contribution is 0.626. The molecule has 0 saturated heterocycles. The second kappa shape index (κ2) is 6.04. The predicted octanol–water partition coefficient (Wildman–Crippen LogP) is 3.01. The molecule has 6 heteroatoms. The Morgan fingerprint density at radius 3 is 2.68 bits per heavy atom. The van der Waals surface area contributed by atoms with Gasteiger partial charge in [0.15, 0.2) is 5.11 Å². The van der Waals surface area contributed by atoms with Crippen molar-refractivity contribution in [3.8, 4) is 5.69 Å². The fraction of sp³-hybridized carbons (Fsp3) is 0.375. The minimum atomic E-state index is -0.250. The average Bonchev–Trinajstić information content (AvgIpc) is 3.20. The van der Waals surface area contributed by atoms with Gasteiger partial charge in [-0.25, -0.2) is 9.07 Å². The van der Waals surface area contributed by atoms with E-state index in [1.165, 1.54) is 25.0 Å². The van der Waals surface area contributed by atoms with E-state index in [0.29, 0.717) is 11.2 Å². The molecule has 1 fully saturated rings. The summed E-state index contributed by atoms with van der Waals surface area (Å²) in [7, 11) is 0. The first-order valence-corrected chi connectivity index (χ1v) is 7.83. The van der Waals surface area contributed by atoms with Crippen molar-refractivity contribution in [2.75, 3.05) is 0 Å². The normalized spacial score (nSPS) is 15.4. The fourth-order valence-corrected chi connectivity index (χ4v) is 2.76. The summed E-state index contributed by atoms with van der Waals surface area (Å²) < 4.78 is 14.8. The third-order valence-electron chi connectivity index (χ3n) is 3.85. The smallest absolute Gasteiger partial charge is 0.166 e. The van der Waals surface area contributed by atoms with Gasteiger partial charge in [0, 0.05) is 17.3 Å². The topological polar surface area (TPSA) is 41.9 Å². The van der Waals surface area contributed by atoms with E-state index in [1.807, 2.05) is 17.8 Å². The first kappa shape index (κ1) is 15.0. The highest BCUT2D eigenvalue weighted by Gasteiger charge is 2.23. The van der Waals surface area contributed by atoms with Crippen LogP contribution in [0.2, 0.25) is 0 Å². The maximum absolute atomic E-state index is 13.0. The lowest BCUT2D eigenvalue weighted by Crippen LogP contribution is -2.38. The van der Waals surface area contributed by atoms with Crippen molar-refractivity contribution in [1.82, 2.24) is 20.4 Å². The molecular weight excluding hydrogens is 299 g/mol. The Hall–Kier alpha value is -1.95. The molecule has 1 aromatic heterocycles. The van der Waals surface area contributed by atoms with Gasteiger partial charge in [-0.15, -0.1) is 0 Å². The maximum Gasteiger partial charge on any atom is 0.166 e.